The minimum atomic E-state index is -3.78. The minimum Gasteiger partial charge on any atom is -0.423 e. The number of benzene rings is 2. The molecule has 0 aliphatic heterocycles. The first-order valence-corrected chi connectivity index (χ1v) is 11.0. The quantitative estimate of drug-likeness (QED) is 0.359. The van der Waals surface area contributed by atoms with Crippen molar-refractivity contribution in [2.24, 2.45) is 0 Å². The number of fused-ring (bicyclic) bond motifs is 1. The molecular formula is C23H23NO4S. The molecule has 1 aromatic heterocycles. The fourth-order valence-electron chi connectivity index (χ4n) is 2.90. The fraction of sp³-hybridized carbons (Fsp3) is 0.261. The summed E-state index contributed by atoms with van der Waals surface area (Å²) in [4.78, 5) is 11.7. The highest BCUT2D eigenvalue weighted by molar-refractivity contribution is 7.92. The molecule has 6 heteroatoms. The third-order valence-electron chi connectivity index (χ3n) is 4.50. The molecule has 0 amide bonds. The Bertz CT molecular complexity index is 1230. The molecule has 0 aliphatic carbocycles. The highest BCUT2D eigenvalue weighted by Gasteiger charge is 2.17. The molecule has 1 N–H and O–H groups in total. The van der Waals surface area contributed by atoms with Crippen molar-refractivity contribution < 1.29 is 12.8 Å². The fourth-order valence-corrected chi connectivity index (χ4v) is 3.98. The van der Waals surface area contributed by atoms with E-state index in [-0.39, 0.29) is 4.90 Å². The van der Waals surface area contributed by atoms with Gasteiger partial charge in [0.15, 0.2) is 0 Å². The van der Waals surface area contributed by atoms with Gasteiger partial charge in [-0.3, -0.25) is 4.72 Å². The zero-order valence-corrected chi connectivity index (χ0v) is 17.3. The molecule has 0 saturated carbocycles. The van der Waals surface area contributed by atoms with Crippen LogP contribution in [0, 0.1) is 18.8 Å². The van der Waals surface area contributed by atoms with E-state index < -0.39 is 15.6 Å². The Balaban J connectivity index is 2.04. The van der Waals surface area contributed by atoms with Crippen molar-refractivity contribution in [2.45, 2.75) is 44.4 Å². The van der Waals surface area contributed by atoms with Crippen molar-refractivity contribution in [2.75, 3.05) is 4.72 Å². The lowest BCUT2D eigenvalue weighted by atomic mass is 10.1. The lowest BCUT2D eigenvalue weighted by Crippen LogP contribution is -2.14. The SMILES string of the molecule is CCCCCC#Cc1c(NS(=O)(=O)c2ccc(C)cc2)ccc2oc(=O)ccc12. The number of rotatable bonds is 6. The molecule has 0 fully saturated rings. The second kappa shape index (κ2) is 8.97. The van der Waals surface area contributed by atoms with Crippen molar-refractivity contribution in [3.8, 4) is 11.8 Å². The summed E-state index contributed by atoms with van der Waals surface area (Å²) in [6, 6.07) is 12.7. The van der Waals surface area contributed by atoms with Crippen LogP contribution in [0.15, 0.2) is 62.6 Å². The smallest absolute Gasteiger partial charge is 0.336 e. The molecule has 3 rings (SSSR count). The Morgan fingerprint density at radius 2 is 1.76 bits per heavy atom. The van der Waals surface area contributed by atoms with E-state index in [4.69, 9.17) is 4.42 Å². The van der Waals surface area contributed by atoms with Crippen LogP contribution in [0.3, 0.4) is 0 Å². The van der Waals surface area contributed by atoms with Gasteiger partial charge in [-0.15, -0.1) is 0 Å². The summed E-state index contributed by atoms with van der Waals surface area (Å²) >= 11 is 0. The Morgan fingerprint density at radius 1 is 1.00 bits per heavy atom. The van der Waals surface area contributed by atoms with Crippen LogP contribution in [0.2, 0.25) is 0 Å². The van der Waals surface area contributed by atoms with E-state index in [9.17, 15) is 13.2 Å². The molecular weight excluding hydrogens is 386 g/mol. The van der Waals surface area contributed by atoms with E-state index in [1.54, 1.807) is 42.5 Å². The molecule has 5 nitrogen and oxygen atoms in total. The van der Waals surface area contributed by atoms with Crippen molar-refractivity contribution in [3.63, 3.8) is 0 Å². The summed E-state index contributed by atoms with van der Waals surface area (Å²) in [5, 5.41) is 0.594. The second-order valence-corrected chi connectivity index (χ2v) is 8.51. The van der Waals surface area contributed by atoms with E-state index in [0.29, 0.717) is 28.6 Å². The predicted octanol–water partition coefficient (Wildman–Crippen LogP) is 4.83. The topological polar surface area (TPSA) is 76.4 Å². The number of hydrogen-bond acceptors (Lipinski definition) is 4. The summed E-state index contributed by atoms with van der Waals surface area (Å²) in [7, 11) is -3.78. The van der Waals surface area contributed by atoms with Crippen LogP contribution in [0.5, 0.6) is 0 Å². The summed E-state index contributed by atoms with van der Waals surface area (Å²) in [5.74, 6) is 6.19. The van der Waals surface area contributed by atoms with E-state index in [2.05, 4.69) is 23.5 Å². The zero-order chi connectivity index (χ0) is 20.9. The van der Waals surface area contributed by atoms with Crippen LogP contribution in [0.25, 0.3) is 11.0 Å². The maximum Gasteiger partial charge on any atom is 0.336 e. The molecule has 0 aliphatic rings. The summed E-state index contributed by atoms with van der Waals surface area (Å²) < 4.78 is 33.5. The van der Waals surface area contributed by atoms with Gasteiger partial charge in [0.05, 0.1) is 16.1 Å². The zero-order valence-electron chi connectivity index (χ0n) is 16.5. The average Bonchev–Trinajstić information content (AvgIpc) is 2.69. The van der Waals surface area contributed by atoms with Gasteiger partial charge in [-0.2, -0.15) is 0 Å². The molecule has 3 aromatic rings. The third kappa shape index (κ3) is 5.07. The van der Waals surface area contributed by atoms with Gasteiger partial charge in [0.1, 0.15) is 5.58 Å². The Hall–Kier alpha value is -3.04. The van der Waals surface area contributed by atoms with E-state index in [0.717, 1.165) is 24.8 Å². The van der Waals surface area contributed by atoms with E-state index >= 15 is 0 Å². The number of nitrogens with one attached hydrogen (secondary N) is 1. The van der Waals surface area contributed by atoms with Crippen LogP contribution in [0.4, 0.5) is 5.69 Å². The van der Waals surface area contributed by atoms with Gasteiger partial charge in [0, 0.05) is 17.9 Å². The molecule has 0 spiro atoms. The molecule has 0 unspecified atom stereocenters. The second-order valence-electron chi connectivity index (χ2n) is 6.83. The van der Waals surface area contributed by atoms with Crippen LogP contribution in [-0.4, -0.2) is 8.42 Å². The van der Waals surface area contributed by atoms with Crippen molar-refractivity contribution >= 4 is 26.7 Å². The van der Waals surface area contributed by atoms with Gasteiger partial charge in [0.25, 0.3) is 10.0 Å². The summed E-state index contributed by atoms with van der Waals surface area (Å²) in [5.41, 5.74) is 1.73. The Morgan fingerprint density at radius 3 is 2.48 bits per heavy atom. The molecule has 29 heavy (non-hydrogen) atoms. The summed E-state index contributed by atoms with van der Waals surface area (Å²) in [6.07, 6.45) is 3.88. The van der Waals surface area contributed by atoms with Crippen molar-refractivity contribution in [1.82, 2.24) is 0 Å². The monoisotopic (exact) mass is 409 g/mol. The maximum absolute atomic E-state index is 12.8. The summed E-state index contributed by atoms with van der Waals surface area (Å²) in [6.45, 7) is 4.02. The molecule has 150 valence electrons. The Kier molecular flexibility index (Phi) is 6.40. The van der Waals surface area contributed by atoms with Gasteiger partial charge in [-0.05, 0) is 43.7 Å². The Labute approximate surface area is 170 Å². The third-order valence-corrected chi connectivity index (χ3v) is 5.88. The van der Waals surface area contributed by atoms with E-state index in [1.165, 1.54) is 6.07 Å². The first-order chi connectivity index (χ1) is 13.9. The van der Waals surface area contributed by atoms with Crippen molar-refractivity contribution in [3.05, 3.63) is 70.1 Å². The van der Waals surface area contributed by atoms with Gasteiger partial charge >= 0.3 is 5.63 Å². The predicted molar refractivity (Wildman–Crippen MR) is 115 cm³/mol. The molecule has 0 bridgehead atoms. The lowest BCUT2D eigenvalue weighted by Gasteiger charge is -2.12. The van der Waals surface area contributed by atoms with Gasteiger partial charge < -0.3 is 4.42 Å². The van der Waals surface area contributed by atoms with Gasteiger partial charge in [-0.1, -0.05) is 49.3 Å². The van der Waals surface area contributed by atoms with Crippen LogP contribution >= 0.6 is 0 Å². The molecule has 2 aromatic carbocycles. The van der Waals surface area contributed by atoms with Gasteiger partial charge in [0.2, 0.25) is 0 Å². The average molecular weight is 410 g/mol. The van der Waals surface area contributed by atoms with Gasteiger partial charge in [-0.25, -0.2) is 13.2 Å². The lowest BCUT2D eigenvalue weighted by molar-refractivity contribution is 0.561. The highest BCUT2D eigenvalue weighted by Crippen LogP contribution is 2.27. The standard InChI is InChI=1S/C23H23NO4S/c1-3-4-5-6-7-8-19-20-13-16-23(25)28-22(20)15-14-21(19)24-29(26,27)18-11-9-17(2)10-12-18/h9-16,24H,3-6H2,1-2H3. The normalized spacial score (nSPS) is 11.1. The number of unbranched alkanes of at least 4 members (excludes halogenated alkanes) is 3. The first kappa shape index (κ1) is 20.7. The highest BCUT2D eigenvalue weighted by atomic mass is 32.2. The first-order valence-electron chi connectivity index (χ1n) is 9.56. The van der Waals surface area contributed by atoms with Crippen LogP contribution in [0.1, 0.15) is 43.7 Å². The number of aryl methyl sites for hydroxylation is 1. The van der Waals surface area contributed by atoms with Crippen molar-refractivity contribution in [1.29, 1.82) is 0 Å². The van der Waals surface area contributed by atoms with E-state index in [1.807, 2.05) is 6.92 Å². The minimum absolute atomic E-state index is 0.171. The number of hydrogen-bond donors (Lipinski definition) is 1. The molecule has 0 saturated heterocycles. The molecule has 0 radical (unpaired) electrons. The number of sulfonamides is 1. The molecule has 0 atom stereocenters. The maximum atomic E-state index is 12.8. The van der Waals surface area contributed by atoms with Crippen LogP contribution < -0.4 is 10.3 Å². The molecule has 1 heterocycles. The number of anilines is 1. The van der Waals surface area contributed by atoms with Crippen LogP contribution in [-0.2, 0) is 10.0 Å². The largest absolute Gasteiger partial charge is 0.423 e.